The van der Waals surface area contributed by atoms with Crippen LogP contribution >= 0.6 is 0 Å². The first-order valence-electron chi connectivity index (χ1n) is 4.34. The van der Waals surface area contributed by atoms with Crippen LogP contribution in [0.3, 0.4) is 0 Å². The topological polar surface area (TPSA) is 91.3 Å². The van der Waals surface area contributed by atoms with Crippen LogP contribution < -0.4 is 29.6 Å². The number of hydrogen-bond acceptors (Lipinski definition) is 5. The van der Waals surface area contributed by atoms with Gasteiger partial charge in [-0.25, -0.2) is 8.42 Å². The van der Waals surface area contributed by atoms with E-state index in [1.54, 1.807) is 0 Å². The summed E-state index contributed by atoms with van der Waals surface area (Å²) in [6.45, 7) is 2.45. The average Bonchev–Trinajstić information content (AvgIpc) is 2.15. The number of ketones is 2. The molecular formula is C10H9NaO5S. The first-order chi connectivity index (χ1) is 7.21. The van der Waals surface area contributed by atoms with Crippen LogP contribution in [0, 0.1) is 0 Å². The van der Waals surface area contributed by atoms with Crippen LogP contribution in [0.5, 0.6) is 0 Å². The van der Waals surface area contributed by atoms with E-state index in [4.69, 9.17) is 0 Å². The van der Waals surface area contributed by atoms with Crippen molar-refractivity contribution in [3.63, 3.8) is 0 Å². The van der Waals surface area contributed by atoms with Gasteiger partial charge < -0.3 is 4.55 Å². The van der Waals surface area contributed by atoms with Crippen molar-refractivity contribution < 1.29 is 52.1 Å². The van der Waals surface area contributed by atoms with Crippen LogP contribution in [0.25, 0.3) is 0 Å². The number of Topliss-reactive ketones (excluding diaryl/α,β-unsaturated/α-hetero) is 2. The fourth-order valence-electron chi connectivity index (χ4n) is 1.15. The maximum Gasteiger partial charge on any atom is 1.00 e. The van der Waals surface area contributed by atoms with Crippen LogP contribution in [-0.4, -0.2) is 24.5 Å². The minimum absolute atomic E-state index is 0. The summed E-state index contributed by atoms with van der Waals surface area (Å²) in [5.74, 6) is -0.819. The summed E-state index contributed by atoms with van der Waals surface area (Å²) < 4.78 is 32.4. The Morgan fingerprint density at radius 2 is 1.35 bits per heavy atom. The molecule has 0 saturated heterocycles. The van der Waals surface area contributed by atoms with Gasteiger partial charge in [-0.2, -0.15) is 0 Å². The number of carbonyl (C=O) groups excluding carboxylic acids is 2. The molecule has 0 atom stereocenters. The smallest absolute Gasteiger partial charge is 0.744 e. The molecule has 17 heavy (non-hydrogen) atoms. The monoisotopic (exact) mass is 264 g/mol. The molecule has 0 aromatic heterocycles. The average molecular weight is 264 g/mol. The number of carbonyl (C=O) groups is 2. The van der Waals surface area contributed by atoms with Crippen LogP contribution in [0.1, 0.15) is 34.6 Å². The molecule has 0 spiro atoms. The quantitative estimate of drug-likeness (QED) is 0.358. The molecule has 0 aliphatic heterocycles. The maximum atomic E-state index is 11.1. The predicted octanol–water partition coefficient (Wildman–Crippen LogP) is -2.00. The van der Waals surface area contributed by atoms with Gasteiger partial charge in [0.2, 0.25) is 0 Å². The molecule has 0 heterocycles. The van der Waals surface area contributed by atoms with E-state index in [2.05, 4.69) is 0 Å². The van der Waals surface area contributed by atoms with Crippen LogP contribution in [0.4, 0.5) is 0 Å². The normalized spacial score (nSPS) is 10.5. The van der Waals surface area contributed by atoms with E-state index in [1.807, 2.05) is 0 Å². The molecule has 0 N–H and O–H groups in total. The molecule has 1 rings (SSSR count). The summed E-state index contributed by atoms with van der Waals surface area (Å²) in [4.78, 5) is 21.6. The van der Waals surface area contributed by atoms with E-state index in [0.29, 0.717) is 0 Å². The largest absolute Gasteiger partial charge is 1.00 e. The summed E-state index contributed by atoms with van der Waals surface area (Å²) in [5, 5.41) is 0. The number of benzene rings is 1. The van der Waals surface area contributed by atoms with Gasteiger partial charge in [-0.3, -0.25) is 9.59 Å². The molecule has 1 aromatic rings. The van der Waals surface area contributed by atoms with E-state index in [1.165, 1.54) is 19.9 Å². The molecule has 86 valence electrons. The van der Waals surface area contributed by atoms with Crippen molar-refractivity contribution in [2.45, 2.75) is 18.7 Å². The second-order valence-corrected chi connectivity index (χ2v) is 4.69. The minimum Gasteiger partial charge on any atom is -0.744 e. The molecule has 0 saturated carbocycles. The van der Waals surface area contributed by atoms with Gasteiger partial charge in [0.05, 0.1) is 4.90 Å². The van der Waals surface area contributed by atoms with Gasteiger partial charge in [-0.15, -0.1) is 0 Å². The SMILES string of the molecule is CC(=O)c1cc(C(C)=O)cc(S(=O)(=O)[O-])c1.[Na+]. The van der Waals surface area contributed by atoms with Gasteiger partial charge in [0.15, 0.2) is 11.6 Å². The van der Waals surface area contributed by atoms with Crippen molar-refractivity contribution in [2.75, 3.05) is 0 Å². The van der Waals surface area contributed by atoms with Gasteiger partial charge in [-0.1, -0.05) is 0 Å². The molecule has 1 aromatic carbocycles. The summed E-state index contributed by atoms with van der Waals surface area (Å²) in [6.07, 6.45) is 0. The van der Waals surface area contributed by atoms with Crippen molar-refractivity contribution >= 4 is 21.7 Å². The van der Waals surface area contributed by atoms with Crippen LogP contribution in [0.15, 0.2) is 23.1 Å². The molecule has 0 fully saturated rings. The number of hydrogen-bond donors (Lipinski definition) is 0. The molecular weight excluding hydrogens is 255 g/mol. The van der Waals surface area contributed by atoms with E-state index in [-0.39, 0.29) is 40.7 Å². The third-order valence-electron chi connectivity index (χ3n) is 2.01. The first-order valence-corrected chi connectivity index (χ1v) is 5.75. The Morgan fingerprint density at radius 3 is 1.59 bits per heavy atom. The van der Waals surface area contributed by atoms with Gasteiger partial charge >= 0.3 is 29.6 Å². The minimum atomic E-state index is -4.67. The van der Waals surface area contributed by atoms with Crippen molar-refractivity contribution in [1.29, 1.82) is 0 Å². The molecule has 0 amide bonds. The Hall–Kier alpha value is -0.530. The van der Waals surface area contributed by atoms with E-state index >= 15 is 0 Å². The fourth-order valence-corrected chi connectivity index (χ4v) is 1.69. The van der Waals surface area contributed by atoms with Gasteiger partial charge in [0, 0.05) is 11.1 Å². The number of rotatable bonds is 3. The van der Waals surface area contributed by atoms with Gasteiger partial charge in [0.1, 0.15) is 10.1 Å². The van der Waals surface area contributed by atoms with Crippen molar-refractivity contribution in [3.8, 4) is 0 Å². The van der Waals surface area contributed by atoms with E-state index in [9.17, 15) is 22.6 Å². The second-order valence-electron chi connectivity index (χ2n) is 3.31. The summed E-state index contributed by atoms with van der Waals surface area (Å²) in [6, 6.07) is 3.20. The third kappa shape index (κ3) is 4.33. The molecule has 7 heteroatoms. The van der Waals surface area contributed by atoms with Gasteiger partial charge in [-0.05, 0) is 32.0 Å². The van der Waals surface area contributed by atoms with Crippen molar-refractivity contribution in [1.82, 2.24) is 0 Å². The van der Waals surface area contributed by atoms with Crippen molar-refractivity contribution in [2.24, 2.45) is 0 Å². The zero-order valence-electron chi connectivity index (χ0n) is 9.68. The maximum absolute atomic E-state index is 11.1. The van der Waals surface area contributed by atoms with Gasteiger partial charge in [0.25, 0.3) is 0 Å². The van der Waals surface area contributed by atoms with E-state index < -0.39 is 26.6 Å². The summed E-state index contributed by atoms with van der Waals surface area (Å²) in [7, 11) is -4.67. The Bertz CT molecular complexity index is 530. The Balaban J connectivity index is 0.00000256. The Labute approximate surface area is 121 Å². The van der Waals surface area contributed by atoms with E-state index in [0.717, 1.165) is 12.1 Å². The molecule has 0 aliphatic rings. The standard InChI is InChI=1S/C10H10O5S.Na/c1-6(11)8-3-9(7(2)12)5-10(4-8)16(13,14)15;/h3-5H,1-2H3,(H,13,14,15);/q;+1/p-1. The molecule has 0 radical (unpaired) electrons. The zero-order chi connectivity index (χ0) is 12.5. The Morgan fingerprint density at radius 1 is 1.00 bits per heavy atom. The molecule has 0 aliphatic carbocycles. The molecule has 5 nitrogen and oxygen atoms in total. The predicted molar refractivity (Wildman–Crippen MR) is 54.4 cm³/mol. The van der Waals surface area contributed by atoms with Crippen LogP contribution in [-0.2, 0) is 10.1 Å². The van der Waals surface area contributed by atoms with Crippen molar-refractivity contribution in [3.05, 3.63) is 29.3 Å². The summed E-state index contributed by atoms with van der Waals surface area (Å²) >= 11 is 0. The fraction of sp³-hybridized carbons (Fsp3) is 0.200. The van der Waals surface area contributed by atoms with Crippen LogP contribution in [0.2, 0.25) is 0 Å². The summed E-state index contributed by atoms with van der Waals surface area (Å²) in [5.41, 5.74) is 0.0595. The zero-order valence-corrected chi connectivity index (χ0v) is 12.5. The second kappa shape index (κ2) is 5.88. The third-order valence-corrected chi connectivity index (χ3v) is 2.82. The first kappa shape index (κ1) is 16.5. The Kier molecular flexibility index (Phi) is 5.70. The molecule has 0 unspecified atom stereocenters. The molecule has 0 bridgehead atoms.